The third-order valence-electron chi connectivity index (χ3n) is 2.46. The Labute approximate surface area is 86.3 Å². The van der Waals surface area contributed by atoms with Gasteiger partial charge in [-0.1, -0.05) is 6.92 Å². The summed E-state index contributed by atoms with van der Waals surface area (Å²) in [6.07, 6.45) is 4.98. The number of pyridine rings is 1. The Morgan fingerprint density at radius 2 is 2.43 bits per heavy atom. The molecule has 3 heterocycles. The molecule has 0 aromatic carbocycles. The van der Waals surface area contributed by atoms with Gasteiger partial charge < -0.3 is 0 Å². The monoisotopic (exact) mass is 202 g/mol. The summed E-state index contributed by atoms with van der Waals surface area (Å²) in [5, 5.41) is 0. The minimum atomic E-state index is 0.565. The zero-order valence-corrected chi connectivity index (χ0v) is 8.71. The summed E-state index contributed by atoms with van der Waals surface area (Å²) in [5.74, 6) is 0.565. The number of rotatable bonds is 0. The molecule has 0 aliphatic carbocycles. The number of nitrogens with zero attached hydrogens (tertiary/aromatic N) is 2. The van der Waals surface area contributed by atoms with Gasteiger partial charge in [0.1, 0.15) is 11.2 Å². The lowest BCUT2D eigenvalue weighted by molar-refractivity contribution is 0.784. The molecule has 2 nitrogen and oxygen atoms in total. The third kappa shape index (κ3) is 1.09. The smallest absolute Gasteiger partial charge is 0.107 e. The molecular formula is C11H10N2S. The Morgan fingerprint density at radius 1 is 1.50 bits per heavy atom. The predicted molar refractivity (Wildman–Crippen MR) is 60.6 cm³/mol. The average molecular weight is 202 g/mol. The molecule has 0 saturated heterocycles. The highest BCUT2D eigenvalue weighted by atomic mass is 32.1. The number of thiophene rings is 1. The highest BCUT2D eigenvalue weighted by Gasteiger charge is 2.17. The number of aliphatic imine (C=N–C) groups is 1. The minimum Gasteiger partial charge on any atom is -0.257 e. The van der Waals surface area contributed by atoms with Crippen LogP contribution in [0.4, 0.5) is 5.69 Å². The van der Waals surface area contributed by atoms with E-state index in [4.69, 9.17) is 0 Å². The van der Waals surface area contributed by atoms with Gasteiger partial charge in [0.25, 0.3) is 0 Å². The lowest BCUT2D eigenvalue weighted by Gasteiger charge is -2.09. The van der Waals surface area contributed by atoms with E-state index >= 15 is 0 Å². The first-order valence-electron chi connectivity index (χ1n) is 4.75. The second-order valence-corrected chi connectivity index (χ2v) is 4.82. The molecule has 1 atom stereocenters. The van der Waals surface area contributed by atoms with Gasteiger partial charge in [-0.2, -0.15) is 0 Å². The van der Waals surface area contributed by atoms with E-state index in [1.165, 1.54) is 9.58 Å². The van der Waals surface area contributed by atoms with Gasteiger partial charge in [0.2, 0.25) is 0 Å². The van der Waals surface area contributed by atoms with E-state index in [0.29, 0.717) is 5.92 Å². The molecule has 1 unspecified atom stereocenters. The first-order chi connectivity index (χ1) is 6.84. The zero-order chi connectivity index (χ0) is 9.54. The fourth-order valence-electron chi connectivity index (χ4n) is 1.78. The summed E-state index contributed by atoms with van der Waals surface area (Å²) in [4.78, 5) is 10.2. The summed E-state index contributed by atoms with van der Waals surface area (Å²) in [5.41, 5.74) is 2.17. The highest BCUT2D eigenvalue weighted by molar-refractivity contribution is 7.19. The topological polar surface area (TPSA) is 25.2 Å². The molecule has 0 amide bonds. The predicted octanol–water partition coefficient (Wildman–Crippen LogP) is 3.19. The van der Waals surface area contributed by atoms with Gasteiger partial charge in [-0.05, 0) is 24.5 Å². The van der Waals surface area contributed by atoms with Crippen molar-refractivity contribution < 1.29 is 0 Å². The third-order valence-corrected chi connectivity index (χ3v) is 3.61. The standard InChI is InChI=1S/C11H10N2S/c1-7-5-9-11(13-6-7)10-8(14-9)3-2-4-12-10/h2-4,6-7H,5H2,1H3. The van der Waals surface area contributed by atoms with Crippen molar-refractivity contribution in [3.05, 3.63) is 23.2 Å². The molecule has 0 fully saturated rings. The molecule has 2 aromatic rings. The van der Waals surface area contributed by atoms with Crippen LogP contribution < -0.4 is 0 Å². The van der Waals surface area contributed by atoms with Crippen LogP contribution in [0.3, 0.4) is 0 Å². The van der Waals surface area contributed by atoms with Gasteiger partial charge in [-0.15, -0.1) is 11.3 Å². The SMILES string of the molecule is CC1C=Nc2c(sc3cccnc23)C1. The van der Waals surface area contributed by atoms with E-state index < -0.39 is 0 Å². The average Bonchev–Trinajstić information content (AvgIpc) is 2.54. The van der Waals surface area contributed by atoms with E-state index in [1.807, 2.05) is 29.8 Å². The van der Waals surface area contributed by atoms with Crippen molar-refractivity contribution in [2.75, 3.05) is 0 Å². The second kappa shape index (κ2) is 2.89. The van der Waals surface area contributed by atoms with Gasteiger partial charge in [0.05, 0.1) is 4.70 Å². The van der Waals surface area contributed by atoms with Gasteiger partial charge >= 0.3 is 0 Å². The summed E-state index contributed by atoms with van der Waals surface area (Å²) in [6.45, 7) is 2.20. The van der Waals surface area contributed by atoms with Crippen molar-refractivity contribution in [2.24, 2.45) is 10.9 Å². The molecular weight excluding hydrogens is 192 g/mol. The maximum Gasteiger partial charge on any atom is 0.107 e. The van der Waals surface area contributed by atoms with Gasteiger partial charge in [0.15, 0.2) is 0 Å². The quantitative estimate of drug-likeness (QED) is 0.644. The fraction of sp³-hybridized carbons (Fsp3) is 0.273. The van der Waals surface area contributed by atoms with Crippen LogP contribution in [-0.2, 0) is 6.42 Å². The van der Waals surface area contributed by atoms with E-state index in [-0.39, 0.29) is 0 Å². The van der Waals surface area contributed by atoms with E-state index in [2.05, 4.69) is 23.0 Å². The second-order valence-electron chi connectivity index (χ2n) is 3.68. The van der Waals surface area contributed by atoms with Crippen LogP contribution in [0, 0.1) is 5.92 Å². The van der Waals surface area contributed by atoms with Crippen LogP contribution in [0.15, 0.2) is 23.3 Å². The van der Waals surface area contributed by atoms with Gasteiger partial charge in [0, 0.05) is 17.3 Å². The number of hydrogen-bond donors (Lipinski definition) is 0. The van der Waals surface area contributed by atoms with Gasteiger partial charge in [-0.3, -0.25) is 9.98 Å². The summed E-state index contributed by atoms with van der Waals surface area (Å²) in [7, 11) is 0. The van der Waals surface area contributed by atoms with Crippen molar-refractivity contribution in [2.45, 2.75) is 13.3 Å². The zero-order valence-electron chi connectivity index (χ0n) is 7.90. The maximum absolute atomic E-state index is 4.49. The Balaban J connectivity index is 2.32. The number of aromatic nitrogens is 1. The molecule has 3 rings (SSSR count). The summed E-state index contributed by atoms with van der Waals surface area (Å²) in [6, 6.07) is 4.10. The molecule has 0 bridgehead atoms. The van der Waals surface area contributed by atoms with Crippen LogP contribution in [0.1, 0.15) is 11.8 Å². The van der Waals surface area contributed by atoms with Crippen LogP contribution in [0.2, 0.25) is 0 Å². The lowest BCUT2D eigenvalue weighted by Crippen LogP contribution is -2.03. The van der Waals surface area contributed by atoms with Crippen LogP contribution >= 0.6 is 11.3 Å². The van der Waals surface area contributed by atoms with E-state index in [9.17, 15) is 0 Å². The molecule has 70 valence electrons. The van der Waals surface area contributed by atoms with Crippen molar-refractivity contribution >= 4 is 33.5 Å². The van der Waals surface area contributed by atoms with Crippen molar-refractivity contribution in [1.82, 2.24) is 4.98 Å². The molecule has 0 N–H and O–H groups in total. The highest BCUT2D eigenvalue weighted by Crippen LogP contribution is 2.39. The lowest BCUT2D eigenvalue weighted by atomic mass is 10.1. The first-order valence-corrected chi connectivity index (χ1v) is 5.57. The molecule has 3 heteroatoms. The van der Waals surface area contributed by atoms with Crippen LogP contribution in [0.25, 0.3) is 10.2 Å². The molecule has 14 heavy (non-hydrogen) atoms. The first kappa shape index (κ1) is 8.12. The van der Waals surface area contributed by atoms with Crippen molar-refractivity contribution in [1.29, 1.82) is 0 Å². The van der Waals surface area contributed by atoms with Gasteiger partial charge in [-0.25, -0.2) is 0 Å². The Hall–Kier alpha value is -1.22. The molecule has 1 aliphatic rings. The Morgan fingerprint density at radius 3 is 3.36 bits per heavy atom. The molecule has 0 radical (unpaired) electrons. The maximum atomic E-state index is 4.49. The largest absolute Gasteiger partial charge is 0.257 e. The Bertz CT molecular complexity index is 513. The van der Waals surface area contributed by atoms with Crippen molar-refractivity contribution in [3.8, 4) is 0 Å². The normalized spacial score (nSPS) is 19.9. The van der Waals surface area contributed by atoms with Crippen LogP contribution in [-0.4, -0.2) is 11.2 Å². The fourth-order valence-corrected chi connectivity index (χ4v) is 3.03. The van der Waals surface area contributed by atoms with Crippen LogP contribution in [0.5, 0.6) is 0 Å². The minimum absolute atomic E-state index is 0.565. The molecule has 2 aromatic heterocycles. The number of fused-ring (bicyclic) bond motifs is 3. The van der Waals surface area contributed by atoms with Crippen molar-refractivity contribution in [3.63, 3.8) is 0 Å². The molecule has 0 saturated carbocycles. The van der Waals surface area contributed by atoms with E-state index in [0.717, 1.165) is 17.6 Å². The number of hydrogen-bond acceptors (Lipinski definition) is 3. The molecule has 0 spiro atoms. The Kier molecular flexibility index (Phi) is 1.67. The summed E-state index contributed by atoms with van der Waals surface area (Å²) >= 11 is 1.83. The molecule has 1 aliphatic heterocycles. The summed E-state index contributed by atoms with van der Waals surface area (Å²) < 4.78 is 1.25. The van der Waals surface area contributed by atoms with E-state index in [1.54, 1.807) is 0 Å².